The van der Waals surface area contributed by atoms with Crippen molar-refractivity contribution in [2.24, 2.45) is 0 Å². The highest BCUT2D eigenvalue weighted by Gasteiger charge is 2.15. The minimum atomic E-state index is -0.552. The predicted octanol–water partition coefficient (Wildman–Crippen LogP) is 3.92. The van der Waals surface area contributed by atoms with Crippen LogP contribution in [0.2, 0.25) is 0 Å². The van der Waals surface area contributed by atoms with E-state index in [4.69, 9.17) is 0 Å². The van der Waals surface area contributed by atoms with Gasteiger partial charge in [0.1, 0.15) is 11.6 Å². The van der Waals surface area contributed by atoms with E-state index in [0.29, 0.717) is 5.69 Å². The van der Waals surface area contributed by atoms with E-state index in [2.05, 4.69) is 10.1 Å². The van der Waals surface area contributed by atoms with E-state index in [1.165, 1.54) is 37.4 Å². The zero-order chi connectivity index (χ0) is 15.4. The van der Waals surface area contributed by atoms with Gasteiger partial charge in [-0.15, -0.1) is 0 Å². The number of hydrogen-bond donors (Lipinski definition) is 1. The molecular formula is C16H15F2NO2. The molecule has 0 bridgehead atoms. The molecule has 1 N–H and O–H groups in total. The summed E-state index contributed by atoms with van der Waals surface area (Å²) in [5.41, 5.74) is 1.39. The molecule has 0 amide bonds. The summed E-state index contributed by atoms with van der Waals surface area (Å²) < 4.78 is 31.0. The molecule has 0 aliphatic rings. The van der Waals surface area contributed by atoms with Crippen LogP contribution in [0.25, 0.3) is 0 Å². The van der Waals surface area contributed by atoms with Crippen molar-refractivity contribution in [2.75, 3.05) is 12.4 Å². The number of anilines is 1. The first kappa shape index (κ1) is 15.0. The summed E-state index contributed by atoms with van der Waals surface area (Å²) in [6.07, 6.45) is 0. The Kier molecular flexibility index (Phi) is 4.52. The molecule has 0 saturated heterocycles. The van der Waals surface area contributed by atoms with Gasteiger partial charge >= 0.3 is 5.97 Å². The number of nitrogens with one attached hydrogen (secondary N) is 1. The molecule has 0 spiro atoms. The van der Waals surface area contributed by atoms with Crippen LogP contribution in [-0.2, 0) is 4.74 Å². The normalized spacial score (nSPS) is 11.8. The van der Waals surface area contributed by atoms with E-state index in [1.807, 2.05) is 6.92 Å². The number of methoxy groups -OCH3 is 1. The zero-order valence-electron chi connectivity index (χ0n) is 11.7. The van der Waals surface area contributed by atoms with Crippen molar-refractivity contribution in [3.63, 3.8) is 0 Å². The van der Waals surface area contributed by atoms with Crippen LogP contribution in [0.15, 0.2) is 42.5 Å². The first-order valence-corrected chi connectivity index (χ1v) is 6.41. The van der Waals surface area contributed by atoms with E-state index in [0.717, 1.165) is 5.56 Å². The molecule has 5 heteroatoms. The molecule has 1 atom stereocenters. The highest BCUT2D eigenvalue weighted by Crippen LogP contribution is 2.24. The summed E-state index contributed by atoms with van der Waals surface area (Å²) in [7, 11) is 1.26. The number of rotatable bonds is 4. The fourth-order valence-electron chi connectivity index (χ4n) is 1.99. The van der Waals surface area contributed by atoms with E-state index in [-0.39, 0.29) is 17.4 Å². The molecule has 0 fully saturated rings. The summed E-state index contributed by atoms with van der Waals surface area (Å²) in [4.78, 5) is 11.7. The molecule has 3 nitrogen and oxygen atoms in total. The molecule has 0 radical (unpaired) electrons. The number of carbonyl (C=O) groups excluding carboxylic acids is 1. The Labute approximate surface area is 121 Å². The average Bonchev–Trinajstić information content (AvgIpc) is 2.47. The fraction of sp³-hybridized carbons (Fsp3) is 0.188. The number of benzene rings is 2. The Bertz CT molecular complexity index is 641. The fourth-order valence-corrected chi connectivity index (χ4v) is 1.99. The lowest BCUT2D eigenvalue weighted by molar-refractivity contribution is 0.0601. The summed E-state index contributed by atoms with van der Waals surface area (Å²) >= 11 is 0. The van der Waals surface area contributed by atoms with Crippen LogP contribution >= 0.6 is 0 Å². The Balaban J connectivity index is 2.27. The summed E-state index contributed by atoms with van der Waals surface area (Å²) in [6, 6.07) is 9.51. The molecule has 2 aromatic carbocycles. The maximum Gasteiger partial charge on any atom is 0.339 e. The van der Waals surface area contributed by atoms with Gasteiger partial charge in [0.05, 0.1) is 18.4 Å². The van der Waals surface area contributed by atoms with Crippen molar-refractivity contribution in [3.05, 3.63) is 65.2 Å². The summed E-state index contributed by atoms with van der Waals surface area (Å²) in [5.74, 6) is -1.34. The Morgan fingerprint density at radius 2 is 1.71 bits per heavy atom. The van der Waals surface area contributed by atoms with Crippen LogP contribution in [0.5, 0.6) is 0 Å². The second-order valence-electron chi connectivity index (χ2n) is 4.60. The maximum absolute atomic E-state index is 13.4. The van der Waals surface area contributed by atoms with E-state index in [1.54, 1.807) is 12.1 Å². The third kappa shape index (κ3) is 3.56. The van der Waals surface area contributed by atoms with Crippen molar-refractivity contribution in [2.45, 2.75) is 13.0 Å². The van der Waals surface area contributed by atoms with Crippen molar-refractivity contribution >= 4 is 11.7 Å². The standard InChI is InChI=1S/C16H15F2NO2/c1-10(11-3-5-12(17)6-4-11)19-15-9-13(18)7-8-14(15)16(20)21-2/h3-10,19H,1-2H3. The van der Waals surface area contributed by atoms with Gasteiger partial charge in [-0.05, 0) is 42.8 Å². The van der Waals surface area contributed by atoms with Crippen LogP contribution in [0, 0.1) is 11.6 Å². The van der Waals surface area contributed by atoms with Gasteiger partial charge in [-0.1, -0.05) is 12.1 Å². The lowest BCUT2D eigenvalue weighted by atomic mass is 10.1. The first-order chi connectivity index (χ1) is 10.0. The summed E-state index contributed by atoms with van der Waals surface area (Å²) in [6.45, 7) is 1.83. The smallest absolute Gasteiger partial charge is 0.339 e. The molecule has 0 aliphatic carbocycles. The van der Waals surface area contributed by atoms with Gasteiger partial charge in [-0.2, -0.15) is 0 Å². The second kappa shape index (κ2) is 6.35. The lowest BCUT2D eigenvalue weighted by Gasteiger charge is -2.18. The van der Waals surface area contributed by atoms with E-state index < -0.39 is 11.8 Å². The molecular weight excluding hydrogens is 276 g/mol. The third-order valence-electron chi connectivity index (χ3n) is 3.13. The molecule has 2 aromatic rings. The molecule has 0 saturated carbocycles. The SMILES string of the molecule is COC(=O)c1ccc(F)cc1NC(C)c1ccc(F)cc1. The molecule has 2 rings (SSSR count). The van der Waals surface area contributed by atoms with Crippen LogP contribution in [-0.4, -0.2) is 13.1 Å². The van der Waals surface area contributed by atoms with Gasteiger partial charge in [0.25, 0.3) is 0 Å². The van der Waals surface area contributed by atoms with Crippen LogP contribution < -0.4 is 5.32 Å². The van der Waals surface area contributed by atoms with Crippen molar-refractivity contribution in [3.8, 4) is 0 Å². The number of esters is 1. The predicted molar refractivity (Wildman–Crippen MR) is 76.2 cm³/mol. The second-order valence-corrected chi connectivity index (χ2v) is 4.60. The first-order valence-electron chi connectivity index (χ1n) is 6.41. The minimum Gasteiger partial charge on any atom is -0.465 e. The number of halogens is 2. The quantitative estimate of drug-likeness (QED) is 0.868. The largest absolute Gasteiger partial charge is 0.465 e. The lowest BCUT2D eigenvalue weighted by Crippen LogP contribution is -2.12. The van der Waals surface area contributed by atoms with Gasteiger partial charge in [0.2, 0.25) is 0 Å². The van der Waals surface area contributed by atoms with Gasteiger partial charge in [-0.25, -0.2) is 13.6 Å². The molecule has 1 unspecified atom stereocenters. The van der Waals surface area contributed by atoms with Crippen LogP contribution in [0.1, 0.15) is 28.9 Å². The Morgan fingerprint density at radius 1 is 1.10 bits per heavy atom. The van der Waals surface area contributed by atoms with Gasteiger partial charge < -0.3 is 10.1 Å². The van der Waals surface area contributed by atoms with Gasteiger partial charge in [0, 0.05) is 6.04 Å². The van der Waals surface area contributed by atoms with Crippen molar-refractivity contribution < 1.29 is 18.3 Å². The Hall–Kier alpha value is -2.43. The number of ether oxygens (including phenoxy) is 1. The van der Waals surface area contributed by atoms with Crippen LogP contribution in [0.3, 0.4) is 0 Å². The van der Waals surface area contributed by atoms with Gasteiger partial charge in [0.15, 0.2) is 0 Å². The molecule has 0 aromatic heterocycles. The minimum absolute atomic E-state index is 0.226. The summed E-state index contributed by atoms with van der Waals surface area (Å²) in [5, 5.41) is 3.04. The van der Waals surface area contributed by atoms with Crippen molar-refractivity contribution in [1.29, 1.82) is 0 Å². The number of carbonyl (C=O) groups is 1. The molecule has 110 valence electrons. The highest BCUT2D eigenvalue weighted by atomic mass is 19.1. The monoisotopic (exact) mass is 291 g/mol. The topological polar surface area (TPSA) is 38.3 Å². The zero-order valence-corrected chi connectivity index (χ0v) is 11.7. The average molecular weight is 291 g/mol. The van der Waals surface area contributed by atoms with Gasteiger partial charge in [-0.3, -0.25) is 0 Å². The van der Waals surface area contributed by atoms with Crippen molar-refractivity contribution in [1.82, 2.24) is 0 Å². The van der Waals surface area contributed by atoms with E-state index >= 15 is 0 Å². The Morgan fingerprint density at radius 3 is 2.33 bits per heavy atom. The highest BCUT2D eigenvalue weighted by molar-refractivity contribution is 5.95. The molecule has 0 aliphatic heterocycles. The third-order valence-corrected chi connectivity index (χ3v) is 3.13. The van der Waals surface area contributed by atoms with E-state index in [9.17, 15) is 13.6 Å². The maximum atomic E-state index is 13.4. The molecule has 0 heterocycles. The molecule has 21 heavy (non-hydrogen) atoms. The van der Waals surface area contributed by atoms with Crippen LogP contribution in [0.4, 0.5) is 14.5 Å². The number of hydrogen-bond acceptors (Lipinski definition) is 3.